The summed E-state index contributed by atoms with van der Waals surface area (Å²) >= 11 is 11.1. The Morgan fingerprint density at radius 2 is 2.22 bits per heavy atom. The second-order valence-corrected chi connectivity index (χ2v) is 6.07. The molecule has 0 amide bonds. The van der Waals surface area contributed by atoms with Gasteiger partial charge in [0.15, 0.2) is 0 Å². The standard InChI is InChI=1S/C13H12BrClO2S/c1-17-12-3-2-8(6-10(12)15)11(16)7-13-9(14)4-5-18-13/h2-6,11,16H,7H2,1H3. The number of thiophene rings is 1. The van der Waals surface area contributed by atoms with Crippen molar-refractivity contribution in [2.75, 3.05) is 7.11 Å². The van der Waals surface area contributed by atoms with E-state index >= 15 is 0 Å². The normalized spacial score (nSPS) is 12.4. The third-order valence-electron chi connectivity index (χ3n) is 2.63. The predicted octanol–water partition coefficient (Wildman–Crippen LogP) is 4.45. The molecular formula is C13H12BrClO2S. The quantitative estimate of drug-likeness (QED) is 0.885. The Hall–Kier alpha value is -0.550. The zero-order chi connectivity index (χ0) is 13.1. The van der Waals surface area contributed by atoms with Crippen LogP contribution in [0.3, 0.4) is 0 Å². The van der Waals surface area contributed by atoms with Crippen LogP contribution in [0.5, 0.6) is 5.75 Å². The number of benzene rings is 1. The van der Waals surface area contributed by atoms with Crippen LogP contribution in [0.25, 0.3) is 0 Å². The maximum Gasteiger partial charge on any atom is 0.137 e. The van der Waals surface area contributed by atoms with Crippen molar-refractivity contribution in [3.63, 3.8) is 0 Å². The largest absolute Gasteiger partial charge is 0.495 e. The topological polar surface area (TPSA) is 29.5 Å². The smallest absolute Gasteiger partial charge is 0.137 e. The number of ether oxygens (including phenoxy) is 1. The molecule has 2 nitrogen and oxygen atoms in total. The van der Waals surface area contributed by atoms with E-state index in [1.165, 1.54) is 0 Å². The molecule has 18 heavy (non-hydrogen) atoms. The molecule has 1 atom stereocenters. The molecule has 1 N–H and O–H groups in total. The van der Waals surface area contributed by atoms with Gasteiger partial charge in [-0.15, -0.1) is 11.3 Å². The number of methoxy groups -OCH3 is 1. The summed E-state index contributed by atoms with van der Waals surface area (Å²) in [6, 6.07) is 7.32. The fourth-order valence-corrected chi connectivity index (χ4v) is 3.47. The van der Waals surface area contributed by atoms with Crippen molar-refractivity contribution >= 4 is 38.9 Å². The van der Waals surface area contributed by atoms with Crippen LogP contribution in [0.2, 0.25) is 5.02 Å². The van der Waals surface area contributed by atoms with Gasteiger partial charge >= 0.3 is 0 Å². The summed E-state index contributed by atoms with van der Waals surface area (Å²) < 4.78 is 6.12. The number of aliphatic hydroxyl groups is 1. The SMILES string of the molecule is COc1ccc(C(O)Cc2sccc2Br)cc1Cl. The molecule has 0 fully saturated rings. The minimum Gasteiger partial charge on any atom is -0.495 e. The minimum absolute atomic E-state index is 0.513. The number of halogens is 2. The molecule has 2 rings (SSSR count). The van der Waals surface area contributed by atoms with Crippen molar-refractivity contribution in [1.29, 1.82) is 0 Å². The molecule has 0 spiro atoms. The van der Waals surface area contributed by atoms with Gasteiger partial charge in [0.05, 0.1) is 18.2 Å². The third-order valence-corrected chi connectivity index (χ3v) is 4.87. The average molecular weight is 348 g/mol. The van der Waals surface area contributed by atoms with Gasteiger partial charge in [0.1, 0.15) is 5.75 Å². The molecule has 1 aromatic carbocycles. The molecule has 0 saturated carbocycles. The van der Waals surface area contributed by atoms with E-state index in [0.717, 1.165) is 14.9 Å². The van der Waals surface area contributed by atoms with Crippen molar-refractivity contribution in [1.82, 2.24) is 0 Å². The van der Waals surface area contributed by atoms with E-state index in [9.17, 15) is 5.11 Å². The Morgan fingerprint density at radius 1 is 1.44 bits per heavy atom. The van der Waals surface area contributed by atoms with Crippen LogP contribution < -0.4 is 4.74 Å². The first-order valence-corrected chi connectivity index (χ1v) is 7.40. The second kappa shape index (κ2) is 6.06. The van der Waals surface area contributed by atoms with Crippen molar-refractivity contribution < 1.29 is 9.84 Å². The highest BCUT2D eigenvalue weighted by Gasteiger charge is 2.13. The van der Waals surface area contributed by atoms with Gasteiger partial charge < -0.3 is 9.84 Å². The summed E-state index contributed by atoms with van der Waals surface area (Å²) in [6.45, 7) is 0. The summed E-state index contributed by atoms with van der Waals surface area (Å²) in [6.07, 6.45) is 0.00401. The number of hydrogen-bond donors (Lipinski definition) is 1. The lowest BCUT2D eigenvalue weighted by Crippen LogP contribution is -2.01. The van der Waals surface area contributed by atoms with Crippen LogP contribution in [-0.4, -0.2) is 12.2 Å². The molecule has 5 heteroatoms. The first kappa shape index (κ1) is 13.9. The summed E-state index contributed by atoms with van der Waals surface area (Å²) in [7, 11) is 1.57. The van der Waals surface area contributed by atoms with Crippen LogP contribution in [0.4, 0.5) is 0 Å². The van der Waals surface area contributed by atoms with Gasteiger partial charge in [-0.2, -0.15) is 0 Å². The van der Waals surface area contributed by atoms with Crippen LogP contribution >= 0.6 is 38.9 Å². The monoisotopic (exact) mass is 346 g/mol. The average Bonchev–Trinajstić information content (AvgIpc) is 2.75. The Bertz CT molecular complexity index is 542. The molecule has 0 aliphatic carbocycles. The predicted molar refractivity (Wildman–Crippen MR) is 78.7 cm³/mol. The molecule has 1 heterocycles. The summed E-state index contributed by atoms with van der Waals surface area (Å²) in [5.41, 5.74) is 0.793. The zero-order valence-electron chi connectivity index (χ0n) is 9.69. The van der Waals surface area contributed by atoms with Crippen LogP contribution in [0.1, 0.15) is 16.5 Å². The lowest BCUT2D eigenvalue weighted by atomic mass is 10.1. The number of hydrogen-bond acceptors (Lipinski definition) is 3. The van der Waals surface area contributed by atoms with E-state index in [0.29, 0.717) is 17.2 Å². The lowest BCUT2D eigenvalue weighted by molar-refractivity contribution is 0.179. The minimum atomic E-state index is -0.566. The molecule has 1 aromatic heterocycles. The van der Waals surface area contributed by atoms with Gasteiger partial charge in [0, 0.05) is 15.8 Å². The molecule has 0 radical (unpaired) electrons. The van der Waals surface area contributed by atoms with Crippen LogP contribution in [0, 0.1) is 0 Å². The first-order valence-electron chi connectivity index (χ1n) is 5.35. The third kappa shape index (κ3) is 3.06. The van der Waals surface area contributed by atoms with E-state index in [1.54, 1.807) is 30.6 Å². The van der Waals surface area contributed by atoms with E-state index in [1.807, 2.05) is 17.5 Å². The molecule has 1 unspecified atom stereocenters. The highest BCUT2D eigenvalue weighted by atomic mass is 79.9. The van der Waals surface area contributed by atoms with E-state index in [4.69, 9.17) is 16.3 Å². The van der Waals surface area contributed by atoms with Crippen molar-refractivity contribution in [3.8, 4) is 5.75 Å². The zero-order valence-corrected chi connectivity index (χ0v) is 12.8. The Kier molecular flexibility index (Phi) is 4.67. The van der Waals surface area contributed by atoms with Crippen LogP contribution in [0.15, 0.2) is 34.1 Å². The van der Waals surface area contributed by atoms with E-state index in [2.05, 4.69) is 15.9 Å². The second-order valence-electron chi connectivity index (χ2n) is 3.81. The van der Waals surface area contributed by atoms with Gasteiger partial charge in [0.25, 0.3) is 0 Å². The molecule has 0 aliphatic rings. The maximum atomic E-state index is 10.2. The molecule has 2 aromatic rings. The molecular weight excluding hydrogens is 336 g/mol. The number of rotatable bonds is 4. The van der Waals surface area contributed by atoms with Gasteiger partial charge in [-0.25, -0.2) is 0 Å². The van der Waals surface area contributed by atoms with Gasteiger partial charge in [0.2, 0.25) is 0 Å². The fraction of sp³-hybridized carbons (Fsp3) is 0.231. The van der Waals surface area contributed by atoms with E-state index in [-0.39, 0.29) is 0 Å². The molecule has 96 valence electrons. The summed E-state index contributed by atoms with van der Waals surface area (Å²) in [5, 5.41) is 12.7. The molecule has 0 saturated heterocycles. The van der Waals surface area contributed by atoms with Gasteiger partial charge in [-0.3, -0.25) is 0 Å². The Balaban J connectivity index is 2.16. The highest BCUT2D eigenvalue weighted by molar-refractivity contribution is 9.10. The van der Waals surface area contributed by atoms with Crippen molar-refractivity contribution in [3.05, 3.63) is 49.6 Å². The van der Waals surface area contributed by atoms with Crippen molar-refractivity contribution in [2.45, 2.75) is 12.5 Å². The number of aliphatic hydroxyl groups excluding tert-OH is 1. The van der Waals surface area contributed by atoms with Gasteiger partial charge in [-0.05, 0) is 45.1 Å². The lowest BCUT2D eigenvalue weighted by Gasteiger charge is -2.12. The fourth-order valence-electron chi connectivity index (χ4n) is 1.65. The summed E-state index contributed by atoms with van der Waals surface area (Å²) in [5.74, 6) is 0.616. The van der Waals surface area contributed by atoms with Crippen LogP contribution in [-0.2, 0) is 6.42 Å². The Labute approximate surface area is 123 Å². The molecule has 0 aliphatic heterocycles. The molecule has 0 bridgehead atoms. The van der Waals surface area contributed by atoms with Gasteiger partial charge in [-0.1, -0.05) is 17.7 Å². The van der Waals surface area contributed by atoms with Crippen molar-refractivity contribution in [2.24, 2.45) is 0 Å². The van der Waals surface area contributed by atoms with E-state index < -0.39 is 6.10 Å². The maximum absolute atomic E-state index is 10.2. The first-order chi connectivity index (χ1) is 8.61. The summed E-state index contributed by atoms with van der Waals surface area (Å²) in [4.78, 5) is 1.12. The Morgan fingerprint density at radius 3 is 2.78 bits per heavy atom. The highest BCUT2D eigenvalue weighted by Crippen LogP contribution is 2.31.